The van der Waals surface area contributed by atoms with E-state index in [0.717, 1.165) is 16.5 Å². The van der Waals surface area contributed by atoms with Gasteiger partial charge >= 0.3 is 0 Å². The third-order valence-electron chi connectivity index (χ3n) is 3.33. The van der Waals surface area contributed by atoms with Crippen LogP contribution in [-0.2, 0) is 4.79 Å². The number of aromatic nitrogens is 1. The highest BCUT2D eigenvalue weighted by Gasteiger charge is 2.11. The molecular formula is C16H22N4O. The molecule has 0 aliphatic rings. The van der Waals surface area contributed by atoms with Crippen LogP contribution in [-0.4, -0.2) is 31.0 Å². The molecule has 3 N–H and O–H groups in total. The van der Waals surface area contributed by atoms with Crippen molar-refractivity contribution in [2.24, 2.45) is 5.92 Å². The van der Waals surface area contributed by atoms with Crippen LogP contribution in [0.5, 0.6) is 0 Å². The van der Waals surface area contributed by atoms with Gasteiger partial charge in [-0.15, -0.1) is 0 Å². The van der Waals surface area contributed by atoms with Crippen molar-refractivity contribution in [1.82, 2.24) is 10.3 Å². The second-order valence-corrected chi connectivity index (χ2v) is 5.65. The second-order valence-electron chi connectivity index (χ2n) is 5.65. The van der Waals surface area contributed by atoms with Gasteiger partial charge in [0.15, 0.2) is 0 Å². The summed E-state index contributed by atoms with van der Waals surface area (Å²) < 4.78 is 0. The smallest absolute Gasteiger partial charge is 0.239 e. The molecule has 2 rings (SSSR count). The lowest BCUT2D eigenvalue weighted by Crippen LogP contribution is -2.36. The molecule has 0 saturated heterocycles. The number of benzene rings is 1. The first kappa shape index (κ1) is 15.1. The van der Waals surface area contributed by atoms with E-state index >= 15 is 0 Å². The number of pyridine rings is 1. The average Bonchev–Trinajstić information content (AvgIpc) is 2.45. The number of nitrogens with two attached hydrogens (primary N) is 1. The SMILES string of the molecule is CC(C)CNC(=O)CN(C)c1ccc(N)c2cnccc12. The first-order valence-electron chi connectivity index (χ1n) is 7.09. The molecule has 1 amide bonds. The number of anilines is 2. The van der Waals surface area contributed by atoms with Crippen LogP contribution in [0, 0.1) is 5.92 Å². The Balaban J connectivity index is 2.18. The molecule has 0 bridgehead atoms. The Morgan fingerprint density at radius 3 is 2.81 bits per heavy atom. The summed E-state index contributed by atoms with van der Waals surface area (Å²) in [4.78, 5) is 18.0. The first-order chi connectivity index (χ1) is 9.99. The Morgan fingerprint density at radius 1 is 1.33 bits per heavy atom. The van der Waals surface area contributed by atoms with Crippen molar-refractivity contribution in [2.75, 3.05) is 30.8 Å². The van der Waals surface area contributed by atoms with Gasteiger partial charge in [0.05, 0.1) is 6.54 Å². The molecule has 0 spiro atoms. The van der Waals surface area contributed by atoms with E-state index in [1.807, 2.05) is 30.1 Å². The molecule has 21 heavy (non-hydrogen) atoms. The number of rotatable bonds is 5. The molecule has 0 aliphatic heterocycles. The summed E-state index contributed by atoms with van der Waals surface area (Å²) in [5.41, 5.74) is 7.64. The van der Waals surface area contributed by atoms with Crippen LogP contribution in [0.1, 0.15) is 13.8 Å². The lowest BCUT2D eigenvalue weighted by molar-refractivity contribution is -0.119. The molecule has 5 heteroatoms. The number of carbonyl (C=O) groups is 1. The molecule has 1 heterocycles. The molecule has 0 aliphatic carbocycles. The Kier molecular flexibility index (Phi) is 4.62. The monoisotopic (exact) mass is 286 g/mol. The van der Waals surface area contributed by atoms with Crippen LogP contribution < -0.4 is 16.0 Å². The van der Waals surface area contributed by atoms with Crippen LogP contribution in [0.4, 0.5) is 11.4 Å². The van der Waals surface area contributed by atoms with E-state index in [1.54, 1.807) is 12.4 Å². The number of hydrogen-bond donors (Lipinski definition) is 2. The van der Waals surface area contributed by atoms with Crippen LogP contribution >= 0.6 is 0 Å². The van der Waals surface area contributed by atoms with E-state index < -0.39 is 0 Å². The lowest BCUT2D eigenvalue weighted by atomic mass is 10.1. The Hall–Kier alpha value is -2.30. The van der Waals surface area contributed by atoms with E-state index in [9.17, 15) is 4.79 Å². The average molecular weight is 286 g/mol. The van der Waals surface area contributed by atoms with Gasteiger partial charge in [-0.25, -0.2) is 0 Å². The van der Waals surface area contributed by atoms with Crippen molar-refractivity contribution in [3.05, 3.63) is 30.6 Å². The van der Waals surface area contributed by atoms with E-state index in [1.165, 1.54) is 0 Å². The quantitative estimate of drug-likeness (QED) is 0.825. The number of nitrogen functional groups attached to an aromatic ring is 1. The lowest BCUT2D eigenvalue weighted by Gasteiger charge is -2.21. The normalized spacial score (nSPS) is 10.9. The van der Waals surface area contributed by atoms with Crippen LogP contribution in [0.2, 0.25) is 0 Å². The summed E-state index contributed by atoms with van der Waals surface area (Å²) in [5.74, 6) is 0.466. The molecule has 0 unspecified atom stereocenters. The predicted octanol–water partition coefficient (Wildman–Crippen LogP) is 2.03. The summed E-state index contributed by atoms with van der Waals surface area (Å²) in [6.45, 7) is 5.15. The molecular weight excluding hydrogens is 264 g/mol. The van der Waals surface area contributed by atoms with Crippen molar-refractivity contribution in [1.29, 1.82) is 0 Å². The van der Waals surface area contributed by atoms with Gasteiger partial charge in [-0.1, -0.05) is 13.8 Å². The van der Waals surface area contributed by atoms with Gasteiger partial charge in [0, 0.05) is 48.1 Å². The van der Waals surface area contributed by atoms with Crippen molar-refractivity contribution >= 4 is 28.1 Å². The number of likely N-dealkylation sites (N-methyl/N-ethyl adjacent to an activating group) is 1. The van der Waals surface area contributed by atoms with Gasteiger partial charge in [0.2, 0.25) is 5.91 Å². The Labute approximate surface area is 125 Å². The summed E-state index contributed by atoms with van der Waals surface area (Å²) in [7, 11) is 1.90. The maximum Gasteiger partial charge on any atom is 0.239 e. The molecule has 1 aromatic heterocycles. The van der Waals surface area contributed by atoms with Gasteiger partial charge in [-0.05, 0) is 24.1 Å². The highest BCUT2D eigenvalue weighted by Crippen LogP contribution is 2.29. The van der Waals surface area contributed by atoms with Gasteiger partial charge in [0.1, 0.15) is 0 Å². The minimum atomic E-state index is 0.0187. The third-order valence-corrected chi connectivity index (χ3v) is 3.33. The van der Waals surface area contributed by atoms with Crippen LogP contribution in [0.15, 0.2) is 30.6 Å². The Morgan fingerprint density at radius 2 is 2.10 bits per heavy atom. The topological polar surface area (TPSA) is 71.2 Å². The zero-order valence-electron chi connectivity index (χ0n) is 12.8. The molecule has 0 fully saturated rings. The molecule has 0 atom stereocenters. The fourth-order valence-electron chi connectivity index (χ4n) is 2.20. The van der Waals surface area contributed by atoms with Gasteiger partial charge in [-0.2, -0.15) is 0 Å². The molecule has 0 saturated carbocycles. The maximum atomic E-state index is 11.9. The zero-order valence-corrected chi connectivity index (χ0v) is 12.8. The van der Waals surface area contributed by atoms with Gasteiger partial charge in [0.25, 0.3) is 0 Å². The molecule has 1 aromatic carbocycles. The summed E-state index contributed by atoms with van der Waals surface area (Å²) >= 11 is 0. The van der Waals surface area contributed by atoms with Gasteiger partial charge < -0.3 is 16.0 Å². The largest absolute Gasteiger partial charge is 0.398 e. The summed E-state index contributed by atoms with van der Waals surface area (Å²) in [5, 5.41) is 4.84. The minimum absolute atomic E-state index is 0.0187. The fraction of sp³-hybridized carbons (Fsp3) is 0.375. The number of fused-ring (bicyclic) bond motifs is 1. The summed E-state index contributed by atoms with van der Waals surface area (Å²) in [6.07, 6.45) is 3.48. The number of nitrogens with zero attached hydrogens (tertiary/aromatic N) is 2. The van der Waals surface area contributed by atoms with Crippen molar-refractivity contribution in [3.63, 3.8) is 0 Å². The first-order valence-corrected chi connectivity index (χ1v) is 7.09. The maximum absolute atomic E-state index is 11.9. The van der Waals surface area contributed by atoms with Crippen molar-refractivity contribution in [2.45, 2.75) is 13.8 Å². The van der Waals surface area contributed by atoms with Crippen molar-refractivity contribution in [3.8, 4) is 0 Å². The fourth-order valence-corrected chi connectivity index (χ4v) is 2.20. The molecule has 5 nitrogen and oxygen atoms in total. The number of nitrogens with one attached hydrogen (secondary N) is 1. The number of carbonyl (C=O) groups excluding carboxylic acids is 1. The zero-order chi connectivity index (χ0) is 15.4. The second kappa shape index (κ2) is 6.43. The van der Waals surface area contributed by atoms with Crippen LogP contribution in [0.3, 0.4) is 0 Å². The third kappa shape index (κ3) is 3.62. The highest BCUT2D eigenvalue weighted by molar-refractivity contribution is 6.01. The standard InChI is InChI=1S/C16H22N4O/c1-11(2)8-19-16(21)10-20(3)15-5-4-14(17)13-9-18-7-6-12(13)15/h4-7,9,11H,8,10,17H2,1-3H3,(H,19,21). The Bertz CT molecular complexity index is 639. The highest BCUT2D eigenvalue weighted by atomic mass is 16.2. The van der Waals surface area contributed by atoms with E-state index in [-0.39, 0.29) is 5.91 Å². The predicted molar refractivity (Wildman–Crippen MR) is 87.3 cm³/mol. The van der Waals surface area contributed by atoms with E-state index in [4.69, 9.17) is 5.73 Å². The molecule has 2 aromatic rings. The number of amides is 1. The number of hydrogen-bond acceptors (Lipinski definition) is 4. The molecule has 0 radical (unpaired) electrons. The van der Waals surface area contributed by atoms with Gasteiger partial charge in [-0.3, -0.25) is 9.78 Å². The van der Waals surface area contributed by atoms with E-state index in [0.29, 0.717) is 24.7 Å². The van der Waals surface area contributed by atoms with E-state index in [2.05, 4.69) is 24.1 Å². The summed E-state index contributed by atoms with van der Waals surface area (Å²) in [6, 6.07) is 5.71. The molecule has 112 valence electrons. The van der Waals surface area contributed by atoms with Crippen LogP contribution in [0.25, 0.3) is 10.8 Å². The minimum Gasteiger partial charge on any atom is -0.398 e. The van der Waals surface area contributed by atoms with Crippen molar-refractivity contribution < 1.29 is 4.79 Å².